The SMILES string of the molecule is N#Cc1ccnc(N2CC3=C(CC2=O)N3c2c(C=N)cccc2N(C=O)C(C(=O)NC2CC(F)(F)C2)c2ccccc2Cl)c1. The number of pyridine rings is 1. The lowest BCUT2D eigenvalue weighted by atomic mass is 9.87. The van der Waals surface area contributed by atoms with Crippen molar-refractivity contribution >= 4 is 53.2 Å². The molecule has 3 amide bonds. The van der Waals surface area contributed by atoms with Crippen molar-refractivity contribution in [1.82, 2.24) is 10.3 Å². The standard InChI is InChI=1S/C31H24ClF2N7O3/c32-22-6-2-1-5-21(22)29(30(44)38-20-12-31(33,34)13-20)40(17-42)23-7-3-4-19(15-36)28(23)41-24-11-27(43)39(16-25(24)41)26-10-18(14-35)8-9-37-26/h1-10,15,17,20,29,36H,11-13,16H2,(H,38,44). The van der Waals surface area contributed by atoms with Crippen molar-refractivity contribution in [2.75, 3.05) is 21.2 Å². The Bertz CT molecular complexity index is 1780. The van der Waals surface area contributed by atoms with Crippen LogP contribution in [0, 0.1) is 16.7 Å². The predicted octanol–water partition coefficient (Wildman–Crippen LogP) is 4.69. The number of para-hydroxylation sites is 1. The van der Waals surface area contributed by atoms with E-state index in [0.29, 0.717) is 34.7 Å². The number of nitrogens with zero attached hydrogens (tertiary/aromatic N) is 5. The molecule has 0 radical (unpaired) electrons. The fourth-order valence-electron chi connectivity index (χ4n) is 5.70. The molecule has 13 heteroatoms. The summed E-state index contributed by atoms with van der Waals surface area (Å²) in [5, 5.41) is 20.2. The van der Waals surface area contributed by atoms with Gasteiger partial charge in [0.05, 0.1) is 47.4 Å². The van der Waals surface area contributed by atoms with Crippen LogP contribution in [0.2, 0.25) is 5.02 Å². The summed E-state index contributed by atoms with van der Waals surface area (Å²) in [5.74, 6) is -3.49. The Labute approximate surface area is 255 Å². The number of carbonyl (C=O) groups is 3. The lowest BCUT2D eigenvalue weighted by molar-refractivity contribution is -0.131. The number of nitriles is 1. The summed E-state index contributed by atoms with van der Waals surface area (Å²) in [7, 11) is 0. The van der Waals surface area contributed by atoms with Crippen molar-refractivity contribution in [3.8, 4) is 6.07 Å². The minimum atomic E-state index is -2.87. The second-order valence-corrected chi connectivity index (χ2v) is 11.1. The van der Waals surface area contributed by atoms with Crippen molar-refractivity contribution in [3.05, 3.63) is 93.9 Å². The van der Waals surface area contributed by atoms with E-state index in [4.69, 9.17) is 17.0 Å². The molecular formula is C31H24ClF2N7O3. The van der Waals surface area contributed by atoms with Gasteiger partial charge in [-0.25, -0.2) is 13.8 Å². The number of rotatable bonds is 9. The third-order valence-electron chi connectivity index (χ3n) is 7.88. The van der Waals surface area contributed by atoms with Gasteiger partial charge < -0.3 is 15.6 Å². The monoisotopic (exact) mass is 615 g/mol. The minimum Gasteiger partial charge on any atom is -0.351 e. The summed E-state index contributed by atoms with van der Waals surface area (Å²) >= 11 is 6.50. The molecule has 1 atom stereocenters. The molecule has 6 rings (SSSR count). The smallest absolute Gasteiger partial charge is 0.252 e. The zero-order chi connectivity index (χ0) is 31.2. The van der Waals surface area contributed by atoms with Crippen molar-refractivity contribution < 1.29 is 23.2 Å². The molecule has 1 fully saturated rings. The Morgan fingerprint density at radius 1 is 1.20 bits per heavy atom. The predicted molar refractivity (Wildman–Crippen MR) is 159 cm³/mol. The van der Waals surface area contributed by atoms with E-state index >= 15 is 0 Å². The normalized spacial score (nSPS) is 17.6. The minimum absolute atomic E-state index is 0.00494. The third-order valence-corrected chi connectivity index (χ3v) is 8.23. The molecule has 1 aliphatic carbocycles. The van der Waals surface area contributed by atoms with Crippen LogP contribution in [0.4, 0.5) is 26.0 Å². The van der Waals surface area contributed by atoms with Gasteiger partial charge in [-0.1, -0.05) is 41.9 Å². The summed E-state index contributed by atoms with van der Waals surface area (Å²) in [6.07, 6.45) is 2.00. The first-order chi connectivity index (χ1) is 21.2. The molecular weight excluding hydrogens is 592 g/mol. The lowest BCUT2D eigenvalue weighted by Crippen LogP contribution is -2.53. The molecule has 3 aliphatic rings. The van der Waals surface area contributed by atoms with Crippen molar-refractivity contribution in [2.24, 2.45) is 0 Å². The van der Waals surface area contributed by atoms with Crippen LogP contribution in [0.15, 0.2) is 72.2 Å². The first-order valence-electron chi connectivity index (χ1n) is 13.6. The van der Waals surface area contributed by atoms with Crippen molar-refractivity contribution in [2.45, 2.75) is 37.3 Å². The topological polar surface area (TPSA) is 133 Å². The molecule has 2 N–H and O–H groups in total. The Kier molecular flexibility index (Phi) is 7.34. The summed E-state index contributed by atoms with van der Waals surface area (Å²) in [4.78, 5) is 48.4. The Morgan fingerprint density at radius 3 is 2.66 bits per heavy atom. The highest BCUT2D eigenvalue weighted by Gasteiger charge is 2.48. The molecule has 1 unspecified atom stereocenters. The zero-order valence-corrected chi connectivity index (χ0v) is 23.8. The highest BCUT2D eigenvalue weighted by molar-refractivity contribution is 6.31. The molecule has 1 saturated carbocycles. The zero-order valence-electron chi connectivity index (χ0n) is 23.0. The molecule has 10 nitrogen and oxygen atoms in total. The van der Waals surface area contributed by atoms with E-state index in [-0.39, 0.29) is 35.1 Å². The first kappa shape index (κ1) is 28.9. The Balaban J connectivity index is 1.37. The maximum atomic E-state index is 13.7. The van der Waals surface area contributed by atoms with E-state index in [1.54, 1.807) is 47.4 Å². The number of carbonyl (C=O) groups excluding carboxylic acids is 3. The van der Waals surface area contributed by atoms with Crippen LogP contribution < -0.4 is 20.0 Å². The number of aromatic nitrogens is 1. The number of hydrogen-bond donors (Lipinski definition) is 2. The Hall–Kier alpha value is -5.15. The van der Waals surface area contributed by atoms with Crippen LogP contribution in [0.25, 0.3) is 0 Å². The molecule has 222 valence electrons. The van der Waals surface area contributed by atoms with Crippen molar-refractivity contribution in [3.63, 3.8) is 0 Å². The van der Waals surface area contributed by atoms with E-state index < -0.39 is 36.8 Å². The molecule has 2 aliphatic heterocycles. The molecule has 0 spiro atoms. The largest absolute Gasteiger partial charge is 0.351 e. The van der Waals surface area contributed by atoms with Gasteiger partial charge in [-0.3, -0.25) is 24.2 Å². The van der Waals surface area contributed by atoms with E-state index in [1.165, 1.54) is 28.1 Å². The van der Waals surface area contributed by atoms with Gasteiger partial charge in [0.25, 0.3) is 5.92 Å². The summed E-state index contributed by atoms with van der Waals surface area (Å²) in [6.45, 7) is 0.132. The fraction of sp³-hybridized carbons (Fsp3) is 0.226. The lowest BCUT2D eigenvalue weighted by Gasteiger charge is -2.37. The van der Waals surface area contributed by atoms with Crippen molar-refractivity contribution in [1.29, 1.82) is 10.7 Å². The van der Waals surface area contributed by atoms with Gasteiger partial charge in [0.2, 0.25) is 18.2 Å². The highest BCUT2D eigenvalue weighted by atomic mass is 35.5. The molecule has 0 bridgehead atoms. The van der Waals surface area contributed by atoms with Crippen LogP contribution in [0.5, 0.6) is 0 Å². The second-order valence-electron chi connectivity index (χ2n) is 10.7. The molecule has 3 aromatic rings. The quantitative estimate of drug-likeness (QED) is 0.265. The third kappa shape index (κ3) is 5.16. The van der Waals surface area contributed by atoms with E-state index in [1.807, 2.05) is 6.07 Å². The molecule has 0 saturated heterocycles. The first-order valence-corrected chi connectivity index (χ1v) is 14.0. The van der Waals surface area contributed by atoms with Crippen LogP contribution in [-0.4, -0.2) is 47.9 Å². The molecule has 3 heterocycles. The molecule has 44 heavy (non-hydrogen) atoms. The van der Waals surface area contributed by atoms with Gasteiger partial charge in [-0.2, -0.15) is 5.26 Å². The average Bonchev–Trinajstić information content (AvgIpc) is 3.70. The van der Waals surface area contributed by atoms with Gasteiger partial charge in [0.1, 0.15) is 11.9 Å². The van der Waals surface area contributed by atoms with Gasteiger partial charge >= 0.3 is 0 Å². The number of nitrogens with one attached hydrogen (secondary N) is 2. The Morgan fingerprint density at radius 2 is 1.98 bits per heavy atom. The van der Waals surface area contributed by atoms with E-state index in [0.717, 1.165) is 11.9 Å². The van der Waals surface area contributed by atoms with Gasteiger partial charge in [-0.05, 0) is 24.3 Å². The van der Waals surface area contributed by atoms with E-state index in [9.17, 15) is 28.4 Å². The summed E-state index contributed by atoms with van der Waals surface area (Å²) in [5.41, 5.74) is 3.10. The summed E-state index contributed by atoms with van der Waals surface area (Å²) < 4.78 is 27.2. The number of benzene rings is 2. The van der Waals surface area contributed by atoms with Gasteiger partial charge in [0, 0.05) is 47.4 Å². The number of hydrogen-bond acceptors (Lipinski definition) is 7. The maximum absolute atomic E-state index is 13.7. The van der Waals surface area contributed by atoms with Crippen LogP contribution in [-0.2, 0) is 14.4 Å². The molecule has 1 aromatic heterocycles. The highest BCUT2D eigenvalue weighted by Crippen LogP contribution is 2.50. The number of amides is 3. The summed E-state index contributed by atoms with van der Waals surface area (Å²) in [6, 6.07) is 14.3. The van der Waals surface area contributed by atoms with Gasteiger partial charge in [0.15, 0.2) is 0 Å². The molecule has 2 aromatic carbocycles. The van der Waals surface area contributed by atoms with Gasteiger partial charge in [-0.15, -0.1) is 0 Å². The number of anilines is 3. The van der Waals surface area contributed by atoms with E-state index in [2.05, 4.69) is 10.3 Å². The van der Waals surface area contributed by atoms with Crippen LogP contribution in [0.1, 0.15) is 42.0 Å². The van der Waals surface area contributed by atoms with Crippen LogP contribution >= 0.6 is 11.6 Å². The number of halogens is 3. The average molecular weight is 616 g/mol. The fourth-order valence-corrected chi connectivity index (χ4v) is 5.94. The maximum Gasteiger partial charge on any atom is 0.252 e. The second kappa shape index (κ2) is 11.2. The van der Waals surface area contributed by atoms with Crippen LogP contribution in [0.3, 0.4) is 0 Å². The number of alkyl halides is 2.